The molecule has 29 heavy (non-hydrogen) atoms. The summed E-state index contributed by atoms with van der Waals surface area (Å²) in [6, 6.07) is 14.6. The maximum absolute atomic E-state index is 13.8. The zero-order valence-corrected chi connectivity index (χ0v) is 16.0. The number of allylic oxidation sites excluding steroid dienone is 1. The van der Waals surface area contributed by atoms with Crippen LogP contribution in [0.15, 0.2) is 60.4 Å². The summed E-state index contributed by atoms with van der Waals surface area (Å²) in [4.78, 5) is 12.7. The molecule has 146 valence electrons. The molecule has 0 bridgehead atoms. The number of fused-ring (bicyclic) bond motifs is 1. The number of ketones is 1. The number of rotatable bonds is 4. The van der Waals surface area contributed by atoms with E-state index in [1.165, 1.54) is 18.2 Å². The van der Waals surface area contributed by atoms with Crippen molar-refractivity contribution in [1.82, 2.24) is 0 Å². The Hall–Kier alpha value is -3.47. The lowest BCUT2D eigenvalue weighted by Crippen LogP contribution is -2.03. The Balaban J connectivity index is 1.61. The average Bonchev–Trinajstić information content (AvgIpc) is 3.01. The van der Waals surface area contributed by atoms with Gasteiger partial charge in [-0.25, -0.2) is 8.78 Å². The highest BCUT2D eigenvalue weighted by Gasteiger charge is 2.30. The van der Waals surface area contributed by atoms with Gasteiger partial charge in [0.05, 0.1) is 11.1 Å². The van der Waals surface area contributed by atoms with E-state index in [1.54, 1.807) is 25.1 Å². The van der Waals surface area contributed by atoms with Crippen LogP contribution in [0.5, 0.6) is 11.5 Å². The van der Waals surface area contributed by atoms with Crippen molar-refractivity contribution in [1.29, 1.82) is 0 Å². The maximum atomic E-state index is 13.8. The molecule has 4 rings (SSSR count). The van der Waals surface area contributed by atoms with Crippen LogP contribution < -0.4 is 9.47 Å². The van der Waals surface area contributed by atoms with Gasteiger partial charge in [-0.05, 0) is 55.3 Å². The number of Topliss-reactive ketones (excluding diaryl/α,β-unsaturated/α-hetero) is 1. The summed E-state index contributed by atoms with van der Waals surface area (Å²) in [5, 5.41) is 0. The first-order valence-corrected chi connectivity index (χ1v) is 9.15. The molecule has 1 aliphatic rings. The molecule has 0 spiro atoms. The van der Waals surface area contributed by atoms with Crippen LogP contribution in [0.4, 0.5) is 8.78 Å². The maximum Gasteiger partial charge on any atom is 0.231 e. The number of aryl methyl sites for hydroxylation is 1. The van der Waals surface area contributed by atoms with Crippen LogP contribution in [0.25, 0.3) is 6.08 Å². The van der Waals surface area contributed by atoms with Crippen molar-refractivity contribution >= 4 is 11.9 Å². The van der Waals surface area contributed by atoms with E-state index in [2.05, 4.69) is 0 Å². The van der Waals surface area contributed by atoms with Gasteiger partial charge in [0.2, 0.25) is 5.78 Å². The van der Waals surface area contributed by atoms with Crippen LogP contribution in [0.1, 0.15) is 32.6 Å². The van der Waals surface area contributed by atoms with Gasteiger partial charge >= 0.3 is 0 Å². The Kier molecular flexibility index (Phi) is 4.89. The third kappa shape index (κ3) is 3.51. The van der Waals surface area contributed by atoms with Crippen molar-refractivity contribution in [3.63, 3.8) is 0 Å². The van der Waals surface area contributed by atoms with Crippen LogP contribution in [-0.2, 0) is 6.61 Å². The third-order valence-electron chi connectivity index (χ3n) is 4.95. The van der Waals surface area contributed by atoms with E-state index < -0.39 is 11.6 Å². The highest BCUT2D eigenvalue weighted by molar-refractivity contribution is 6.15. The van der Waals surface area contributed by atoms with Gasteiger partial charge < -0.3 is 9.47 Å². The minimum atomic E-state index is -0.668. The van der Waals surface area contributed by atoms with Crippen LogP contribution in [-0.4, -0.2) is 5.78 Å². The molecule has 0 saturated heterocycles. The monoisotopic (exact) mass is 392 g/mol. The topological polar surface area (TPSA) is 35.5 Å². The van der Waals surface area contributed by atoms with E-state index >= 15 is 0 Å². The van der Waals surface area contributed by atoms with Gasteiger partial charge in [-0.1, -0.05) is 30.3 Å². The van der Waals surface area contributed by atoms with Gasteiger partial charge in [-0.15, -0.1) is 0 Å². The fourth-order valence-corrected chi connectivity index (χ4v) is 3.23. The molecule has 3 aromatic rings. The summed E-state index contributed by atoms with van der Waals surface area (Å²) in [5.41, 5.74) is 2.81. The Morgan fingerprint density at radius 1 is 0.966 bits per heavy atom. The smallest absolute Gasteiger partial charge is 0.231 e. The molecule has 0 atom stereocenters. The molecule has 3 nitrogen and oxygen atoms in total. The Labute approximate surface area is 167 Å². The fraction of sp³-hybridized carbons (Fsp3) is 0.125. The molecule has 1 heterocycles. The minimum Gasteiger partial charge on any atom is -0.488 e. The molecule has 0 fully saturated rings. The molecular weight excluding hydrogens is 374 g/mol. The Morgan fingerprint density at radius 2 is 1.69 bits per heavy atom. The van der Waals surface area contributed by atoms with E-state index in [-0.39, 0.29) is 23.7 Å². The lowest BCUT2D eigenvalue weighted by molar-refractivity contribution is 0.101. The van der Waals surface area contributed by atoms with Crippen LogP contribution in [0.3, 0.4) is 0 Å². The van der Waals surface area contributed by atoms with Crippen LogP contribution in [0.2, 0.25) is 0 Å². The van der Waals surface area contributed by atoms with Gasteiger partial charge in [-0.2, -0.15) is 0 Å². The van der Waals surface area contributed by atoms with Gasteiger partial charge in [0.1, 0.15) is 29.7 Å². The van der Waals surface area contributed by atoms with Gasteiger partial charge in [0, 0.05) is 5.56 Å². The largest absolute Gasteiger partial charge is 0.488 e. The molecule has 1 aliphatic heterocycles. The van der Waals surface area contributed by atoms with E-state index in [0.29, 0.717) is 22.6 Å². The molecule has 0 N–H and O–H groups in total. The fourth-order valence-electron chi connectivity index (χ4n) is 3.23. The van der Waals surface area contributed by atoms with E-state index in [4.69, 9.17) is 9.47 Å². The highest BCUT2D eigenvalue weighted by Crippen LogP contribution is 2.39. The standard InChI is InChI=1S/C24H18F2O3/c1-14-6-3-4-7-16(14)12-22-23(27)17-10-11-21(15(2)24(17)29-22)28-13-18-19(25)8-5-9-20(18)26/h3-12H,13H2,1-2H3/b22-12-. The SMILES string of the molecule is Cc1ccccc1/C=C1\Oc2c(ccc(OCc3c(F)cccc3F)c2C)C1=O. The van der Waals surface area contributed by atoms with Crippen molar-refractivity contribution < 1.29 is 23.0 Å². The quantitative estimate of drug-likeness (QED) is 0.528. The normalized spacial score (nSPS) is 14.1. The molecule has 5 heteroatoms. The molecule has 3 aromatic carbocycles. The molecule has 0 unspecified atom stereocenters. The van der Waals surface area contributed by atoms with Crippen molar-refractivity contribution in [3.05, 3.63) is 99.8 Å². The predicted octanol–water partition coefficient (Wildman–Crippen LogP) is 5.78. The van der Waals surface area contributed by atoms with Crippen molar-refractivity contribution in [2.75, 3.05) is 0 Å². The number of carbonyl (C=O) groups is 1. The second-order valence-electron chi connectivity index (χ2n) is 6.85. The second-order valence-corrected chi connectivity index (χ2v) is 6.85. The first-order chi connectivity index (χ1) is 14.0. The van der Waals surface area contributed by atoms with Gasteiger partial charge in [0.15, 0.2) is 5.76 Å². The molecule has 0 aromatic heterocycles. The Morgan fingerprint density at radius 3 is 2.41 bits per heavy atom. The van der Waals surface area contributed by atoms with Crippen LogP contribution >= 0.6 is 0 Å². The van der Waals surface area contributed by atoms with Crippen LogP contribution in [0, 0.1) is 25.5 Å². The molecule has 0 radical (unpaired) electrons. The minimum absolute atomic E-state index is 0.149. The number of benzene rings is 3. The number of ether oxygens (including phenoxy) is 2. The first-order valence-electron chi connectivity index (χ1n) is 9.15. The summed E-state index contributed by atoms with van der Waals surface area (Å²) in [6.07, 6.45) is 1.71. The molecule has 0 saturated carbocycles. The van der Waals surface area contributed by atoms with Crippen molar-refractivity contribution in [2.24, 2.45) is 0 Å². The summed E-state index contributed by atoms with van der Waals surface area (Å²) in [7, 11) is 0. The summed E-state index contributed by atoms with van der Waals surface area (Å²) in [6.45, 7) is 3.44. The number of hydrogen-bond donors (Lipinski definition) is 0. The molecule has 0 aliphatic carbocycles. The number of carbonyl (C=O) groups excluding carboxylic acids is 1. The summed E-state index contributed by atoms with van der Waals surface area (Å²) >= 11 is 0. The third-order valence-corrected chi connectivity index (χ3v) is 4.95. The zero-order chi connectivity index (χ0) is 20.5. The van der Waals surface area contributed by atoms with Gasteiger partial charge in [-0.3, -0.25) is 4.79 Å². The summed E-state index contributed by atoms with van der Waals surface area (Å²) < 4.78 is 39.1. The lowest BCUT2D eigenvalue weighted by Gasteiger charge is -2.12. The predicted molar refractivity (Wildman–Crippen MR) is 106 cm³/mol. The van der Waals surface area contributed by atoms with E-state index in [1.807, 2.05) is 31.2 Å². The van der Waals surface area contributed by atoms with E-state index in [0.717, 1.165) is 11.1 Å². The molecular formula is C24H18F2O3. The summed E-state index contributed by atoms with van der Waals surface area (Å²) in [5.74, 6) is -0.511. The van der Waals surface area contributed by atoms with Crippen molar-refractivity contribution in [3.8, 4) is 11.5 Å². The second kappa shape index (κ2) is 7.51. The lowest BCUT2D eigenvalue weighted by atomic mass is 10.0. The molecule has 0 amide bonds. The van der Waals surface area contributed by atoms with Gasteiger partial charge in [0.25, 0.3) is 0 Å². The number of halogens is 2. The number of hydrogen-bond acceptors (Lipinski definition) is 3. The first kappa shape index (κ1) is 18.9. The van der Waals surface area contributed by atoms with Crippen molar-refractivity contribution in [2.45, 2.75) is 20.5 Å². The highest BCUT2D eigenvalue weighted by atomic mass is 19.1. The Bertz CT molecular complexity index is 1130. The average molecular weight is 392 g/mol. The van der Waals surface area contributed by atoms with E-state index in [9.17, 15) is 13.6 Å². The zero-order valence-electron chi connectivity index (χ0n) is 16.0.